The van der Waals surface area contributed by atoms with Crippen molar-refractivity contribution in [3.05, 3.63) is 86.6 Å². The summed E-state index contributed by atoms with van der Waals surface area (Å²) < 4.78 is 2.35. The van der Waals surface area contributed by atoms with Gasteiger partial charge in [-0.1, -0.05) is 35.3 Å². The van der Waals surface area contributed by atoms with E-state index in [2.05, 4.69) is 10.3 Å². The Labute approximate surface area is 208 Å². The first-order valence-electron chi connectivity index (χ1n) is 10.4. The lowest BCUT2D eigenvalue weighted by Gasteiger charge is -2.13. The molecule has 0 unspecified atom stereocenters. The molecular formula is C25H17Cl2N3O3S. The third kappa shape index (κ3) is 3.81. The minimum atomic E-state index is -0.676. The first-order chi connectivity index (χ1) is 16.4. The van der Waals surface area contributed by atoms with Crippen molar-refractivity contribution in [2.75, 3.05) is 5.32 Å². The van der Waals surface area contributed by atoms with Crippen LogP contribution < -0.4 is 10.9 Å². The van der Waals surface area contributed by atoms with Gasteiger partial charge in [0.05, 0.1) is 15.2 Å². The highest BCUT2D eigenvalue weighted by Crippen LogP contribution is 2.36. The molecule has 0 aliphatic carbocycles. The number of carbonyl (C=O) groups excluding carboxylic acids is 1. The number of thiazole rings is 1. The smallest absolute Gasteiger partial charge is 0.267 e. The number of hydrogen-bond donors (Lipinski definition) is 2. The van der Waals surface area contributed by atoms with Gasteiger partial charge in [0, 0.05) is 28.2 Å². The maximum absolute atomic E-state index is 13.0. The lowest BCUT2D eigenvalue weighted by molar-refractivity contribution is 0.102. The minimum absolute atomic E-state index is 0.290. The number of fused-ring (bicyclic) bond motifs is 2. The number of anilines is 1. The fraction of sp³-hybridized carbons (Fsp3) is 0.0800. The first kappa shape index (κ1) is 22.4. The molecule has 2 heterocycles. The molecule has 0 saturated carbocycles. The van der Waals surface area contributed by atoms with Crippen LogP contribution in [0.25, 0.3) is 31.7 Å². The summed E-state index contributed by atoms with van der Waals surface area (Å²) in [5.74, 6) is -1.01. The van der Waals surface area contributed by atoms with Crippen LogP contribution in [0.3, 0.4) is 0 Å². The molecule has 5 aromatic rings. The molecule has 0 aliphatic rings. The molecule has 5 rings (SSSR count). The molecule has 0 spiro atoms. The third-order valence-electron chi connectivity index (χ3n) is 5.49. The summed E-state index contributed by atoms with van der Waals surface area (Å²) in [6, 6.07) is 17.5. The van der Waals surface area contributed by atoms with Gasteiger partial charge in [-0.15, -0.1) is 11.3 Å². The maximum Gasteiger partial charge on any atom is 0.267 e. The summed E-state index contributed by atoms with van der Waals surface area (Å²) in [5.41, 5.74) is 1.74. The number of carbonyl (C=O) groups is 1. The van der Waals surface area contributed by atoms with E-state index in [1.165, 1.54) is 15.9 Å². The predicted molar refractivity (Wildman–Crippen MR) is 139 cm³/mol. The van der Waals surface area contributed by atoms with Crippen LogP contribution in [-0.2, 0) is 6.54 Å². The van der Waals surface area contributed by atoms with Crippen molar-refractivity contribution in [2.45, 2.75) is 13.5 Å². The molecule has 2 N–H and O–H groups in total. The number of aromatic nitrogens is 2. The van der Waals surface area contributed by atoms with Crippen LogP contribution in [0, 0.1) is 0 Å². The Morgan fingerprint density at radius 3 is 2.59 bits per heavy atom. The fourth-order valence-corrected chi connectivity index (χ4v) is 5.57. The monoisotopic (exact) mass is 509 g/mol. The van der Waals surface area contributed by atoms with Crippen molar-refractivity contribution >= 4 is 67.3 Å². The van der Waals surface area contributed by atoms with Crippen LogP contribution in [0.5, 0.6) is 5.75 Å². The second kappa shape index (κ2) is 8.76. The van der Waals surface area contributed by atoms with Gasteiger partial charge in [0.25, 0.3) is 11.5 Å². The number of benzene rings is 3. The van der Waals surface area contributed by atoms with Gasteiger partial charge in [0.2, 0.25) is 0 Å². The molecular weight excluding hydrogens is 493 g/mol. The lowest BCUT2D eigenvalue weighted by atomic mass is 10.1. The molecule has 6 nitrogen and oxygen atoms in total. The van der Waals surface area contributed by atoms with E-state index >= 15 is 0 Å². The average Bonchev–Trinajstić information content (AvgIpc) is 3.24. The van der Waals surface area contributed by atoms with Crippen LogP contribution in [0.2, 0.25) is 10.0 Å². The normalized spacial score (nSPS) is 11.3. The molecule has 0 saturated heterocycles. The van der Waals surface area contributed by atoms with Gasteiger partial charge >= 0.3 is 0 Å². The number of halogens is 2. The summed E-state index contributed by atoms with van der Waals surface area (Å²) in [5, 5.41) is 15.6. The molecule has 0 radical (unpaired) electrons. The van der Waals surface area contributed by atoms with Crippen LogP contribution in [0.1, 0.15) is 17.3 Å². The SMILES string of the molecule is CCn1c(=O)c(C(=O)Nc2ccc(-c3nc4c(Cl)cc(Cl)cc4s3)cc2)c(O)c2ccccc21. The van der Waals surface area contributed by atoms with Gasteiger partial charge in [-0.2, -0.15) is 0 Å². The second-order valence-corrected chi connectivity index (χ2v) is 9.45. The van der Waals surface area contributed by atoms with Crippen LogP contribution in [0.15, 0.2) is 65.5 Å². The number of pyridine rings is 1. The fourth-order valence-electron chi connectivity index (χ4n) is 3.88. The van der Waals surface area contributed by atoms with Crippen LogP contribution >= 0.6 is 34.5 Å². The minimum Gasteiger partial charge on any atom is -0.506 e. The zero-order valence-corrected chi connectivity index (χ0v) is 20.1. The molecule has 0 bridgehead atoms. The number of hydrogen-bond acceptors (Lipinski definition) is 5. The zero-order valence-electron chi connectivity index (χ0n) is 17.8. The molecule has 0 atom stereocenters. The van der Waals surface area contributed by atoms with Crippen molar-refractivity contribution < 1.29 is 9.90 Å². The number of aryl methyl sites for hydroxylation is 1. The van der Waals surface area contributed by atoms with E-state index in [1.54, 1.807) is 42.5 Å². The zero-order chi connectivity index (χ0) is 24.0. The van der Waals surface area contributed by atoms with Crippen molar-refractivity contribution in [1.82, 2.24) is 9.55 Å². The Morgan fingerprint density at radius 2 is 1.85 bits per heavy atom. The van der Waals surface area contributed by atoms with Gasteiger partial charge < -0.3 is 15.0 Å². The van der Waals surface area contributed by atoms with E-state index in [-0.39, 0.29) is 11.3 Å². The Kier molecular flexibility index (Phi) is 5.77. The second-order valence-electron chi connectivity index (χ2n) is 7.58. The van der Waals surface area contributed by atoms with Gasteiger partial charge in [-0.25, -0.2) is 4.98 Å². The topological polar surface area (TPSA) is 84.2 Å². The first-order valence-corrected chi connectivity index (χ1v) is 12.0. The molecule has 34 heavy (non-hydrogen) atoms. The van der Waals surface area contributed by atoms with Gasteiger partial charge in [0.15, 0.2) is 0 Å². The van der Waals surface area contributed by atoms with Crippen molar-refractivity contribution in [3.8, 4) is 16.3 Å². The maximum atomic E-state index is 13.0. The van der Waals surface area contributed by atoms with E-state index in [1.807, 2.05) is 25.1 Å². The van der Waals surface area contributed by atoms with Crippen molar-refractivity contribution in [3.63, 3.8) is 0 Å². The highest BCUT2D eigenvalue weighted by atomic mass is 35.5. The lowest BCUT2D eigenvalue weighted by Crippen LogP contribution is -2.29. The van der Waals surface area contributed by atoms with Crippen molar-refractivity contribution in [1.29, 1.82) is 0 Å². The van der Waals surface area contributed by atoms with Gasteiger partial charge in [-0.3, -0.25) is 9.59 Å². The highest BCUT2D eigenvalue weighted by molar-refractivity contribution is 7.21. The number of nitrogens with zero attached hydrogens (tertiary/aromatic N) is 2. The largest absolute Gasteiger partial charge is 0.506 e. The van der Waals surface area contributed by atoms with E-state index in [0.29, 0.717) is 38.7 Å². The van der Waals surface area contributed by atoms with Crippen molar-refractivity contribution in [2.24, 2.45) is 0 Å². The van der Waals surface area contributed by atoms with E-state index < -0.39 is 11.5 Å². The number of amides is 1. The summed E-state index contributed by atoms with van der Waals surface area (Å²) in [6.45, 7) is 2.18. The van der Waals surface area contributed by atoms with E-state index in [9.17, 15) is 14.7 Å². The molecule has 0 aliphatic heterocycles. The number of aromatic hydroxyl groups is 1. The van der Waals surface area contributed by atoms with E-state index in [0.717, 1.165) is 15.3 Å². The van der Waals surface area contributed by atoms with Gasteiger partial charge in [0.1, 0.15) is 21.8 Å². The van der Waals surface area contributed by atoms with Crippen LogP contribution in [-0.4, -0.2) is 20.6 Å². The molecule has 0 fully saturated rings. The third-order valence-corrected chi connectivity index (χ3v) is 7.05. The Balaban J connectivity index is 1.46. The predicted octanol–water partition coefficient (Wildman–Crippen LogP) is 6.56. The number of para-hydroxylation sites is 1. The Morgan fingerprint density at radius 1 is 1.12 bits per heavy atom. The van der Waals surface area contributed by atoms with Crippen LogP contribution in [0.4, 0.5) is 5.69 Å². The number of nitrogens with one attached hydrogen (secondary N) is 1. The average molecular weight is 510 g/mol. The summed E-state index contributed by atoms with van der Waals surface area (Å²) in [4.78, 5) is 30.5. The summed E-state index contributed by atoms with van der Waals surface area (Å²) >= 11 is 13.8. The number of rotatable bonds is 4. The Bertz CT molecular complexity index is 1640. The molecule has 9 heteroatoms. The Hall–Kier alpha value is -3.39. The quantitative estimate of drug-likeness (QED) is 0.287. The standard InChI is InChI=1S/C25H17Cl2N3O3S/c1-2-30-18-6-4-3-5-16(18)22(31)20(25(30)33)23(32)28-15-9-7-13(8-10-15)24-29-21-17(27)11-14(26)12-19(21)34-24/h3-12,31H,2H2,1H3,(H,28,32). The highest BCUT2D eigenvalue weighted by Gasteiger charge is 2.22. The molecule has 3 aromatic carbocycles. The van der Waals surface area contributed by atoms with E-state index in [4.69, 9.17) is 23.2 Å². The molecule has 170 valence electrons. The summed E-state index contributed by atoms with van der Waals surface area (Å²) in [7, 11) is 0. The molecule has 2 aromatic heterocycles. The summed E-state index contributed by atoms with van der Waals surface area (Å²) in [6.07, 6.45) is 0. The molecule has 1 amide bonds. The van der Waals surface area contributed by atoms with Gasteiger partial charge in [-0.05, 0) is 55.5 Å².